The minimum absolute atomic E-state index is 0.0863. The summed E-state index contributed by atoms with van der Waals surface area (Å²) < 4.78 is 16.8. The number of carbonyl (C=O) groups excluding carboxylic acids is 3. The molecule has 0 unspecified atom stereocenters. The normalized spacial score (nSPS) is 12.6. The summed E-state index contributed by atoms with van der Waals surface area (Å²) in [6.07, 6.45) is 66.0. The van der Waals surface area contributed by atoms with Gasteiger partial charge in [-0.05, 0) is 83.5 Å². The van der Waals surface area contributed by atoms with E-state index in [0.29, 0.717) is 19.3 Å². The second kappa shape index (κ2) is 52.5. The molecule has 0 aromatic rings. The standard InChI is InChI=1S/C58H100O6/c1-4-7-10-13-16-19-22-25-28-31-33-36-39-42-45-48-51-57(60)63-54-55(64-58(61)52-49-46-43-40-37-34-30-27-24-21-18-15-12-9-6-3)53-62-56(59)50-47-44-41-38-35-32-29-26-23-20-17-14-11-8-5-2/h8-9,11-12,17-18,20-21,26-27,29-30,55H,4-7,10,13-16,19,22-25,28,31-54H2,1-3H3/b11-8-,12-9-,20-17-,21-18-,29-26-,30-27-/t55-/m1/s1. The third kappa shape index (κ3) is 49.9. The first kappa shape index (κ1) is 60.9. The quantitative estimate of drug-likeness (QED) is 0.0262. The summed E-state index contributed by atoms with van der Waals surface area (Å²) in [5.41, 5.74) is 0. The van der Waals surface area contributed by atoms with Crippen LogP contribution in [0.4, 0.5) is 0 Å². The summed E-state index contributed by atoms with van der Waals surface area (Å²) in [6.45, 7) is 6.40. The molecule has 0 heterocycles. The van der Waals surface area contributed by atoms with Crippen molar-refractivity contribution in [2.75, 3.05) is 13.2 Å². The Morgan fingerprint density at radius 2 is 0.609 bits per heavy atom. The smallest absolute Gasteiger partial charge is 0.306 e. The van der Waals surface area contributed by atoms with Gasteiger partial charge in [-0.2, -0.15) is 0 Å². The van der Waals surface area contributed by atoms with Crippen LogP contribution in [0.25, 0.3) is 0 Å². The van der Waals surface area contributed by atoms with E-state index in [2.05, 4.69) is 93.7 Å². The Morgan fingerprint density at radius 1 is 0.328 bits per heavy atom. The first-order chi connectivity index (χ1) is 31.5. The summed E-state index contributed by atoms with van der Waals surface area (Å²) in [6, 6.07) is 0. The number of ether oxygens (including phenoxy) is 3. The molecule has 0 aliphatic carbocycles. The minimum atomic E-state index is -0.790. The highest BCUT2D eigenvalue weighted by atomic mass is 16.6. The van der Waals surface area contributed by atoms with Gasteiger partial charge in [0, 0.05) is 19.3 Å². The molecular formula is C58H100O6. The van der Waals surface area contributed by atoms with Crippen LogP contribution < -0.4 is 0 Å². The number of rotatable bonds is 48. The van der Waals surface area contributed by atoms with Crippen LogP contribution in [0, 0.1) is 0 Å². The molecule has 0 saturated heterocycles. The van der Waals surface area contributed by atoms with Crippen LogP contribution in [0.3, 0.4) is 0 Å². The molecule has 6 nitrogen and oxygen atoms in total. The summed E-state index contributed by atoms with van der Waals surface area (Å²) >= 11 is 0. The van der Waals surface area contributed by atoms with Gasteiger partial charge in [0.05, 0.1) is 0 Å². The van der Waals surface area contributed by atoms with Crippen molar-refractivity contribution in [3.8, 4) is 0 Å². The van der Waals surface area contributed by atoms with Crippen molar-refractivity contribution in [3.63, 3.8) is 0 Å². The molecule has 0 fully saturated rings. The molecule has 0 rings (SSSR count). The molecule has 0 N–H and O–H groups in total. The molecule has 0 bridgehead atoms. The molecule has 0 amide bonds. The van der Waals surface area contributed by atoms with Crippen LogP contribution in [-0.2, 0) is 28.6 Å². The average Bonchev–Trinajstić information content (AvgIpc) is 3.29. The fourth-order valence-electron chi connectivity index (χ4n) is 7.47. The highest BCUT2D eigenvalue weighted by Gasteiger charge is 2.19. The molecule has 0 aromatic carbocycles. The number of carbonyl (C=O) groups is 3. The zero-order chi connectivity index (χ0) is 46.5. The van der Waals surface area contributed by atoms with Crippen LogP contribution in [-0.4, -0.2) is 37.2 Å². The van der Waals surface area contributed by atoms with Crippen LogP contribution in [0.2, 0.25) is 0 Å². The van der Waals surface area contributed by atoms with Gasteiger partial charge in [-0.3, -0.25) is 14.4 Å². The topological polar surface area (TPSA) is 78.9 Å². The Hall–Kier alpha value is -3.15. The number of esters is 3. The first-order valence-corrected chi connectivity index (χ1v) is 26.9. The lowest BCUT2D eigenvalue weighted by molar-refractivity contribution is -0.167. The number of unbranched alkanes of at least 4 members (excludes halogenated alkanes) is 25. The molecule has 0 radical (unpaired) electrons. The second-order valence-corrected chi connectivity index (χ2v) is 17.7. The zero-order valence-electron chi connectivity index (χ0n) is 42.0. The Bertz CT molecular complexity index is 1210. The van der Waals surface area contributed by atoms with E-state index in [1.807, 2.05) is 0 Å². The van der Waals surface area contributed by atoms with E-state index < -0.39 is 6.10 Å². The van der Waals surface area contributed by atoms with Crippen LogP contribution in [0.15, 0.2) is 72.9 Å². The summed E-state index contributed by atoms with van der Waals surface area (Å²) in [5.74, 6) is -0.915. The average molecular weight is 893 g/mol. The SMILES string of the molecule is CC/C=C\C/C=C\C/C=C\CCCCCCCC(=O)OC[C@H](COC(=O)CCCCCCCCCCCCCCCCCC)OC(=O)CCCCCCC/C=C\C/C=C\C/C=C\CC. The zero-order valence-corrected chi connectivity index (χ0v) is 42.0. The van der Waals surface area contributed by atoms with E-state index in [1.54, 1.807) is 0 Å². The summed E-state index contributed by atoms with van der Waals surface area (Å²) in [7, 11) is 0. The minimum Gasteiger partial charge on any atom is -0.462 e. The Kier molecular flexibility index (Phi) is 49.9. The molecule has 368 valence electrons. The highest BCUT2D eigenvalue weighted by Crippen LogP contribution is 2.15. The lowest BCUT2D eigenvalue weighted by Crippen LogP contribution is -2.30. The van der Waals surface area contributed by atoms with Crippen LogP contribution >= 0.6 is 0 Å². The maximum absolute atomic E-state index is 12.8. The third-order valence-electron chi connectivity index (χ3n) is 11.5. The second-order valence-electron chi connectivity index (χ2n) is 17.7. The van der Waals surface area contributed by atoms with Gasteiger partial charge >= 0.3 is 17.9 Å². The van der Waals surface area contributed by atoms with E-state index in [4.69, 9.17) is 14.2 Å². The van der Waals surface area contributed by atoms with Gasteiger partial charge in [-0.1, -0.05) is 229 Å². The lowest BCUT2D eigenvalue weighted by Gasteiger charge is -2.18. The number of allylic oxidation sites excluding steroid dienone is 12. The molecule has 0 saturated carbocycles. The van der Waals surface area contributed by atoms with E-state index in [-0.39, 0.29) is 31.1 Å². The van der Waals surface area contributed by atoms with Crippen molar-refractivity contribution in [2.24, 2.45) is 0 Å². The van der Waals surface area contributed by atoms with E-state index in [9.17, 15) is 14.4 Å². The van der Waals surface area contributed by atoms with Crippen molar-refractivity contribution in [3.05, 3.63) is 72.9 Å². The van der Waals surface area contributed by atoms with Gasteiger partial charge in [0.2, 0.25) is 0 Å². The van der Waals surface area contributed by atoms with Gasteiger partial charge in [-0.25, -0.2) is 0 Å². The maximum Gasteiger partial charge on any atom is 0.306 e. The van der Waals surface area contributed by atoms with Gasteiger partial charge in [-0.15, -0.1) is 0 Å². The maximum atomic E-state index is 12.8. The van der Waals surface area contributed by atoms with E-state index >= 15 is 0 Å². The molecule has 6 heteroatoms. The van der Waals surface area contributed by atoms with E-state index in [1.165, 1.54) is 83.5 Å². The van der Waals surface area contributed by atoms with Crippen molar-refractivity contribution in [1.82, 2.24) is 0 Å². The molecule has 1 atom stereocenters. The fraction of sp³-hybridized carbons (Fsp3) is 0.741. The number of hydrogen-bond acceptors (Lipinski definition) is 6. The Labute approximate surface area is 395 Å². The Balaban J connectivity index is 4.42. The van der Waals surface area contributed by atoms with Gasteiger partial charge in [0.25, 0.3) is 0 Å². The fourth-order valence-corrected chi connectivity index (χ4v) is 7.47. The predicted molar refractivity (Wildman–Crippen MR) is 274 cm³/mol. The number of hydrogen-bond donors (Lipinski definition) is 0. The molecule has 0 aromatic heterocycles. The summed E-state index contributed by atoms with van der Waals surface area (Å²) in [4.78, 5) is 38.1. The monoisotopic (exact) mass is 893 g/mol. The van der Waals surface area contributed by atoms with Crippen LogP contribution in [0.5, 0.6) is 0 Å². The van der Waals surface area contributed by atoms with Crippen molar-refractivity contribution in [1.29, 1.82) is 0 Å². The Morgan fingerprint density at radius 3 is 0.953 bits per heavy atom. The molecule has 0 spiro atoms. The molecule has 0 aliphatic heterocycles. The third-order valence-corrected chi connectivity index (χ3v) is 11.5. The largest absolute Gasteiger partial charge is 0.462 e. The van der Waals surface area contributed by atoms with E-state index in [0.717, 1.165) is 135 Å². The van der Waals surface area contributed by atoms with Crippen LogP contribution in [0.1, 0.15) is 258 Å². The molecule has 64 heavy (non-hydrogen) atoms. The summed E-state index contributed by atoms with van der Waals surface area (Å²) in [5, 5.41) is 0. The van der Waals surface area contributed by atoms with Gasteiger partial charge in [0.1, 0.15) is 13.2 Å². The highest BCUT2D eigenvalue weighted by molar-refractivity contribution is 5.71. The van der Waals surface area contributed by atoms with Crippen molar-refractivity contribution in [2.45, 2.75) is 264 Å². The first-order valence-electron chi connectivity index (χ1n) is 26.9. The van der Waals surface area contributed by atoms with Gasteiger partial charge in [0.15, 0.2) is 6.10 Å². The molecule has 0 aliphatic rings. The lowest BCUT2D eigenvalue weighted by atomic mass is 10.0. The van der Waals surface area contributed by atoms with Gasteiger partial charge < -0.3 is 14.2 Å². The van der Waals surface area contributed by atoms with Crippen molar-refractivity contribution < 1.29 is 28.6 Å². The molecular weight excluding hydrogens is 793 g/mol. The van der Waals surface area contributed by atoms with Crippen molar-refractivity contribution >= 4 is 17.9 Å². The predicted octanol–water partition coefficient (Wildman–Crippen LogP) is 17.8.